The first-order valence-corrected chi connectivity index (χ1v) is 8.25. The second kappa shape index (κ2) is 8.11. The average Bonchev–Trinajstić information content (AvgIpc) is 2.65. The number of anilines is 1. The van der Waals surface area contributed by atoms with E-state index in [4.69, 9.17) is 4.74 Å². The maximum Gasteiger partial charge on any atom is 0.269 e. The maximum absolute atomic E-state index is 12.3. The molecule has 2 aromatic carbocycles. The van der Waals surface area contributed by atoms with E-state index in [-0.39, 0.29) is 5.91 Å². The molecule has 0 spiro atoms. The van der Waals surface area contributed by atoms with Gasteiger partial charge in [0.15, 0.2) is 0 Å². The van der Waals surface area contributed by atoms with Crippen LogP contribution in [0.2, 0.25) is 0 Å². The van der Waals surface area contributed by atoms with Crippen molar-refractivity contribution < 1.29 is 9.53 Å². The van der Waals surface area contributed by atoms with Crippen LogP contribution in [0.1, 0.15) is 27.3 Å². The summed E-state index contributed by atoms with van der Waals surface area (Å²) in [6.07, 6.45) is 0. The minimum absolute atomic E-state index is 0.294. The van der Waals surface area contributed by atoms with Crippen LogP contribution in [0.5, 0.6) is 5.75 Å². The van der Waals surface area contributed by atoms with Gasteiger partial charge in [-0.25, -0.2) is 9.97 Å². The van der Waals surface area contributed by atoms with Crippen LogP contribution >= 0.6 is 0 Å². The van der Waals surface area contributed by atoms with E-state index in [1.807, 2.05) is 56.3 Å². The summed E-state index contributed by atoms with van der Waals surface area (Å²) < 4.78 is 5.75. The van der Waals surface area contributed by atoms with Crippen LogP contribution in [0, 0.1) is 13.8 Å². The quantitative estimate of drug-likeness (QED) is 0.668. The molecular formula is C20H20N4O2. The Bertz CT molecular complexity index is 877. The molecule has 26 heavy (non-hydrogen) atoms. The van der Waals surface area contributed by atoms with Gasteiger partial charge in [0, 0.05) is 17.0 Å². The van der Waals surface area contributed by atoms with Crippen molar-refractivity contribution in [3.63, 3.8) is 0 Å². The highest BCUT2D eigenvalue weighted by atomic mass is 16.5. The summed E-state index contributed by atoms with van der Waals surface area (Å²) in [5.41, 5.74) is 8.53. The molecule has 6 heteroatoms. The van der Waals surface area contributed by atoms with Gasteiger partial charge in [0.2, 0.25) is 5.95 Å². The third-order valence-corrected chi connectivity index (χ3v) is 3.61. The molecule has 2 N–H and O–H groups in total. The molecule has 0 unspecified atom stereocenters. The second-order valence-electron chi connectivity index (χ2n) is 5.86. The fourth-order valence-electron chi connectivity index (χ4n) is 2.43. The molecule has 0 saturated carbocycles. The zero-order valence-electron chi connectivity index (χ0n) is 14.7. The minimum atomic E-state index is -0.294. The first-order chi connectivity index (χ1) is 12.6. The Balaban J connectivity index is 1.60. The van der Waals surface area contributed by atoms with Gasteiger partial charge in [-0.3, -0.25) is 15.6 Å². The van der Waals surface area contributed by atoms with Crippen LogP contribution in [0.4, 0.5) is 5.95 Å². The number of rotatable bonds is 6. The zero-order valence-corrected chi connectivity index (χ0v) is 14.7. The molecule has 0 aliphatic rings. The van der Waals surface area contributed by atoms with Gasteiger partial charge in [0.25, 0.3) is 5.91 Å². The summed E-state index contributed by atoms with van der Waals surface area (Å²) in [5.74, 6) is 0.689. The van der Waals surface area contributed by atoms with Gasteiger partial charge in [0.05, 0.1) is 0 Å². The molecule has 0 radical (unpaired) electrons. The largest absolute Gasteiger partial charge is 0.489 e. The molecule has 0 bridgehead atoms. The average molecular weight is 348 g/mol. The smallest absolute Gasteiger partial charge is 0.269 e. The molecule has 0 atom stereocenters. The Hall–Kier alpha value is -3.41. The summed E-state index contributed by atoms with van der Waals surface area (Å²) in [5, 5.41) is 0. The summed E-state index contributed by atoms with van der Waals surface area (Å²) in [7, 11) is 0. The standard InChI is InChI=1S/C20H20N4O2/c1-14-11-15(2)22-20(21-14)24-23-19(25)17-9-6-10-18(12-17)26-13-16-7-4-3-5-8-16/h3-12H,13H2,1-2H3,(H,23,25)(H,21,22,24). The van der Waals surface area contributed by atoms with E-state index in [0.29, 0.717) is 23.9 Å². The molecule has 1 heterocycles. The predicted octanol–water partition coefficient (Wildman–Crippen LogP) is 3.43. The molecule has 1 amide bonds. The zero-order chi connectivity index (χ0) is 18.4. The number of hydrogen-bond acceptors (Lipinski definition) is 5. The molecule has 3 aromatic rings. The van der Waals surface area contributed by atoms with Gasteiger partial charge in [-0.1, -0.05) is 36.4 Å². The molecule has 6 nitrogen and oxygen atoms in total. The first-order valence-electron chi connectivity index (χ1n) is 8.25. The van der Waals surface area contributed by atoms with E-state index in [9.17, 15) is 4.79 Å². The van der Waals surface area contributed by atoms with Gasteiger partial charge in [-0.15, -0.1) is 0 Å². The van der Waals surface area contributed by atoms with Crippen molar-refractivity contribution in [3.05, 3.63) is 83.2 Å². The van der Waals surface area contributed by atoms with Crippen molar-refractivity contribution in [2.24, 2.45) is 0 Å². The number of hydrazine groups is 1. The van der Waals surface area contributed by atoms with E-state index in [0.717, 1.165) is 17.0 Å². The van der Waals surface area contributed by atoms with E-state index < -0.39 is 0 Å². The van der Waals surface area contributed by atoms with Crippen molar-refractivity contribution in [2.45, 2.75) is 20.5 Å². The minimum Gasteiger partial charge on any atom is -0.489 e. The van der Waals surface area contributed by atoms with Crippen LogP contribution in [0.3, 0.4) is 0 Å². The van der Waals surface area contributed by atoms with E-state index in [2.05, 4.69) is 20.8 Å². The van der Waals surface area contributed by atoms with Crippen LogP contribution in [0.15, 0.2) is 60.7 Å². The Labute approximate surface area is 152 Å². The fraction of sp³-hybridized carbons (Fsp3) is 0.150. The lowest BCUT2D eigenvalue weighted by Gasteiger charge is -2.10. The van der Waals surface area contributed by atoms with Gasteiger partial charge in [0.1, 0.15) is 12.4 Å². The number of carbonyl (C=O) groups excluding carboxylic acids is 1. The molecule has 132 valence electrons. The number of benzene rings is 2. The van der Waals surface area contributed by atoms with Crippen LogP contribution in [-0.4, -0.2) is 15.9 Å². The maximum atomic E-state index is 12.3. The number of amides is 1. The normalized spacial score (nSPS) is 10.2. The molecule has 1 aromatic heterocycles. The second-order valence-corrected chi connectivity index (χ2v) is 5.86. The lowest BCUT2D eigenvalue weighted by atomic mass is 10.2. The monoisotopic (exact) mass is 348 g/mol. The van der Waals surface area contributed by atoms with Crippen molar-refractivity contribution in [3.8, 4) is 5.75 Å². The highest BCUT2D eigenvalue weighted by Crippen LogP contribution is 2.15. The number of hydrogen-bond donors (Lipinski definition) is 2. The number of nitrogens with one attached hydrogen (secondary N) is 2. The van der Waals surface area contributed by atoms with Crippen LogP contribution in [0.25, 0.3) is 0 Å². The van der Waals surface area contributed by atoms with Gasteiger partial charge in [-0.05, 0) is 43.7 Å². The van der Waals surface area contributed by atoms with Gasteiger partial charge in [-0.2, -0.15) is 0 Å². The van der Waals surface area contributed by atoms with E-state index >= 15 is 0 Å². The van der Waals surface area contributed by atoms with Gasteiger partial charge < -0.3 is 4.74 Å². The third kappa shape index (κ3) is 4.80. The summed E-state index contributed by atoms with van der Waals surface area (Å²) in [6, 6.07) is 18.7. The Morgan fingerprint density at radius 2 is 1.69 bits per heavy atom. The van der Waals surface area contributed by atoms with Crippen LogP contribution < -0.4 is 15.6 Å². The van der Waals surface area contributed by atoms with Crippen molar-refractivity contribution >= 4 is 11.9 Å². The highest BCUT2D eigenvalue weighted by Gasteiger charge is 2.08. The summed E-state index contributed by atoms with van der Waals surface area (Å²) in [6.45, 7) is 4.19. The molecule has 0 aliphatic heterocycles. The Morgan fingerprint density at radius 1 is 0.962 bits per heavy atom. The summed E-state index contributed by atoms with van der Waals surface area (Å²) in [4.78, 5) is 20.8. The number of aryl methyl sites for hydroxylation is 2. The third-order valence-electron chi connectivity index (χ3n) is 3.61. The lowest BCUT2D eigenvalue weighted by molar-refractivity contribution is 0.0961. The Kier molecular flexibility index (Phi) is 5.43. The number of carbonyl (C=O) groups is 1. The number of nitrogens with zero attached hydrogens (tertiary/aromatic N) is 2. The van der Waals surface area contributed by atoms with Crippen molar-refractivity contribution in [1.82, 2.24) is 15.4 Å². The molecule has 0 saturated heterocycles. The van der Waals surface area contributed by atoms with Gasteiger partial charge >= 0.3 is 0 Å². The molecule has 0 fully saturated rings. The summed E-state index contributed by atoms with van der Waals surface area (Å²) >= 11 is 0. The van der Waals surface area contributed by atoms with E-state index in [1.165, 1.54) is 0 Å². The lowest BCUT2D eigenvalue weighted by Crippen LogP contribution is -2.30. The number of ether oxygens (including phenoxy) is 1. The topological polar surface area (TPSA) is 76.1 Å². The molecule has 3 rings (SSSR count). The molecule has 0 aliphatic carbocycles. The highest BCUT2D eigenvalue weighted by molar-refractivity contribution is 5.95. The Morgan fingerprint density at radius 3 is 2.42 bits per heavy atom. The van der Waals surface area contributed by atoms with Crippen molar-refractivity contribution in [1.29, 1.82) is 0 Å². The first kappa shape index (κ1) is 17.4. The van der Waals surface area contributed by atoms with Crippen molar-refractivity contribution in [2.75, 3.05) is 5.43 Å². The SMILES string of the molecule is Cc1cc(C)nc(NNC(=O)c2cccc(OCc3ccccc3)c2)n1. The van der Waals surface area contributed by atoms with Crippen LogP contribution in [-0.2, 0) is 6.61 Å². The fourth-order valence-corrected chi connectivity index (χ4v) is 2.43. The molecular weight excluding hydrogens is 328 g/mol. The number of aromatic nitrogens is 2. The predicted molar refractivity (Wildman–Crippen MR) is 99.8 cm³/mol. The van der Waals surface area contributed by atoms with E-state index in [1.54, 1.807) is 18.2 Å².